The fourth-order valence-corrected chi connectivity index (χ4v) is 2.88. The molecule has 27 heavy (non-hydrogen) atoms. The van der Waals surface area contributed by atoms with Gasteiger partial charge in [-0.3, -0.25) is 9.59 Å². The number of benzene rings is 2. The minimum atomic E-state index is -1.04. The lowest BCUT2D eigenvalue weighted by Crippen LogP contribution is -2.36. The fourth-order valence-electron chi connectivity index (χ4n) is 2.73. The van der Waals surface area contributed by atoms with Gasteiger partial charge in [0.05, 0.1) is 16.8 Å². The van der Waals surface area contributed by atoms with Gasteiger partial charge in [0.25, 0.3) is 5.56 Å². The molecule has 0 radical (unpaired) electrons. The van der Waals surface area contributed by atoms with Gasteiger partial charge in [-0.15, -0.1) is 0 Å². The van der Waals surface area contributed by atoms with Crippen LogP contribution in [0, 0.1) is 11.6 Å². The Balaban J connectivity index is 2.02. The number of hydrogen-bond donors (Lipinski definition) is 1. The minimum absolute atomic E-state index is 0.0864. The van der Waals surface area contributed by atoms with Gasteiger partial charge < -0.3 is 5.73 Å². The Kier molecular flexibility index (Phi) is 5.32. The number of hydrogen-bond acceptors (Lipinski definition) is 3. The van der Waals surface area contributed by atoms with Crippen molar-refractivity contribution >= 4 is 17.5 Å². The fraction of sp³-hybridized carbons (Fsp3) is 0.105. The maximum atomic E-state index is 14.2. The molecule has 0 fully saturated rings. The first-order valence-corrected chi connectivity index (χ1v) is 8.32. The summed E-state index contributed by atoms with van der Waals surface area (Å²) >= 11 is 5.68. The smallest absolute Gasteiger partial charge is 0.268 e. The van der Waals surface area contributed by atoms with Gasteiger partial charge in [0.1, 0.15) is 11.9 Å². The Morgan fingerprint density at radius 1 is 1.19 bits per heavy atom. The first-order valence-electron chi connectivity index (χ1n) is 7.94. The van der Waals surface area contributed by atoms with Crippen LogP contribution in [0.5, 0.6) is 0 Å². The summed E-state index contributed by atoms with van der Waals surface area (Å²) < 4.78 is 29.1. The van der Waals surface area contributed by atoms with Crippen molar-refractivity contribution in [2.24, 2.45) is 5.73 Å². The van der Waals surface area contributed by atoms with E-state index in [9.17, 15) is 18.4 Å². The maximum Gasteiger partial charge on any atom is 0.268 e. The van der Waals surface area contributed by atoms with Gasteiger partial charge in [0, 0.05) is 18.1 Å². The molecule has 0 saturated carbocycles. The lowest BCUT2D eigenvalue weighted by Gasteiger charge is -2.16. The first-order chi connectivity index (χ1) is 12.9. The lowest BCUT2D eigenvalue weighted by molar-refractivity contribution is -0.121. The number of aromatic nitrogens is 2. The SMILES string of the molecule is NC(=O)C(Cc1ccccc1)n1ncc(-c2c(F)ccc(Cl)c2F)cc1=O. The third-order valence-electron chi connectivity index (χ3n) is 4.05. The van der Waals surface area contributed by atoms with E-state index in [4.69, 9.17) is 17.3 Å². The van der Waals surface area contributed by atoms with Gasteiger partial charge in [0.15, 0.2) is 5.82 Å². The molecule has 2 N–H and O–H groups in total. The van der Waals surface area contributed by atoms with Crippen LogP contribution in [0.25, 0.3) is 11.1 Å². The molecule has 3 aromatic rings. The van der Waals surface area contributed by atoms with Crippen LogP contribution in [-0.4, -0.2) is 15.7 Å². The zero-order valence-corrected chi connectivity index (χ0v) is 14.7. The van der Waals surface area contributed by atoms with Crippen LogP contribution in [0.1, 0.15) is 11.6 Å². The van der Waals surface area contributed by atoms with Crippen molar-refractivity contribution in [2.75, 3.05) is 0 Å². The zero-order valence-electron chi connectivity index (χ0n) is 13.9. The Hall–Kier alpha value is -3.06. The number of carbonyl (C=O) groups excluding carboxylic acids is 1. The summed E-state index contributed by atoms with van der Waals surface area (Å²) in [7, 11) is 0. The second kappa shape index (κ2) is 7.67. The highest BCUT2D eigenvalue weighted by atomic mass is 35.5. The van der Waals surface area contributed by atoms with Crippen molar-refractivity contribution in [2.45, 2.75) is 12.5 Å². The van der Waals surface area contributed by atoms with Crippen LogP contribution >= 0.6 is 11.6 Å². The van der Waals surface area contributed by atoms with E-state index in [-0.39, 0.29) is 17.0 Å². The van der Waals surface area contributed by atoms with E-state index >= 15 is 0 Å². The molecule has 1 heterocycles. The Labute approximate surface area is 158 Å². The molecular weight excluding hydrogens is 376 g/mol. The number of rotatable bonds is 5. The predicted octanol–water partition coefficient (Wildman–Crippen LogP) is 3.11. The van der Waals surface area contributed by atoms with E-state index in [0.29, 0.717) is 0 Å². The zero-order chi connectivity index (χ0) is 19.6. The highest BCUT2D eigenvalue weighted by molar-refractivity contribution is 6.31. The second-order valence-corrected chi connectivity index (χ2v) is 6.26. The molecule has 2 aromatic carbocycles. The summed E-state index contributed by atoms with van der Waals surface area (Å²) in [4.78, 5) is 24.3. The highest BCUT2D eigenvalue weighted by Gasteiger charge is 2.22. The number of halogens is 3. The molecule has 0 aliphatic heterocycles. The summed E-state index contributed by atoms with van der Waals surface area (Å²) in [6.07, 6.45) is 1.25. The quantitative estimate of drug-likeness (QED) is 0.681. The summed E-state index contributed by atoms with van der Waals surface area (Å²) in [5.41, 5.74) is 4.95. The average molecular weight is 390 g/mol. The third-order valence-corrected chi connectivity index (χ3v) is 4.35. The summed E-state index contributed by atoms with van der Waals surface area (Å²) in [6, 6.07) is 11.0. The summed E-state index contributed by atoms with van der Waals surface area (Å²) in [5, 5.41) is 3.63. The van der Waals surface area contributed by atoms with Crippen LogP contribution in [0.2, 0.25) is 5.02 Å². The van der Waals surface area contributed by atoms with Crippen molar-refractivity contribution in [3.05, 3.63) is 87.3 Å². The van der Waals surface area contributed by atoms with Crippen molar-refractivity contribution in [1.82, 2.24) is 9.78 Å². The van der Waals surface area contributed by atoms with E-state index in [1.165, 1.54) is 0 Å². The molecule has 0 spiro atoms. The van der Waals surface area contributed by atoms with Crippen molar-refractivity contribution in [1.29, 1.82) is 0 Å². The van der Waals surface area contributed by atoms with Crippen molar-refractivity contribution < 1.29 is 13.6 Å². The van der Waals surface area contributed by atoms with Gasteiger partial charge in [-0.1, -0.05) is 41.9 Å². The topological polar surface area (TPSA) is 78.0 Å². The standard InChI is InChI=1S/C19H14ClF2N3O2/c20-13-6-7-14(21)17(18(13)22)12-9-16(26)25(24-10-12)15(19(23)27)8-11-4-2-1-3-5-11/h1-7,9-10,15H,8H2,(H2,23,27). The molecule has 1 unspecified atom stereocenters. The molecule has 1 aromatic heterocycles. The Morgan fingerprint density at radius 2 is 1.89 bits per heavy atom. The Bertz CT molecular complexity index is 1050. The molecule has 8 heteroatoms. The van der Waals surface area contributed by atoms with E-state index in [1.807, 2.05) is 6.07 Å². The number of nitrogens with zero attached hydrogens (tertiary/aromatic N) is 2. The number of primary amides is 1. The van der Waals surface area contributed by atoms with E-state index in [2.05, 4.69) is 5.10 Å². The molecule has 5 nitrogen and oxygen atoms in total. The first kappa shape index (κ1) is 18.7. The molecule has 0 bridgehead atoms. The van der Waals surface area contributed by atoms with Gasteiger partial charge in [-0.05, 0) is 17.7 Å². The van der Waals surface area contributed by atoms with Crippen molar-refractivity contribution in [3.63, 3.8) is 0 Å². The van der Waals surface area contributed by atoms with Gasteiger partial charge >= 0.3 is 0 Å². The summed E-state index contributed by atoms with van der Waals surface area (Å²) in [6.45, 7) is 0. The minimum Gasteiger partial charge on any atom is -0.368 e. The molecule has 0 aliphatic rings. The number of carbonyl (C=O) groups is 1. The van der Waals surface area contributed by atoms with Gasteiger partial charge in [0.2, 0.25) is 5.91 Å². The summed E-state index contributed by atoms with van der Waals surface area (Å²) in [5.74, 6) is -2.63. The molecular formula is C19H14ClF2N3O2. The number of amides is 1. The van der Waals surface area contributed by atoms with Crippen LogP contribution in [0.4, 0.5) is 8.78 Å². The monoisotopic (exact) mass is 389 g/mol. The molecule has 0 saturated heterocycles. The highest BCUT2D eigenvalue weighted by Crippen LogP contribution is 2.29. The molecule has 1 amide bonds. The molecule has 0 aliphatic carbocycles. The lowest BCUT2D eigenvalue weighted by atomic mass is 10.0. The van der Waals surface area contributed by atoms with Gasteiger partial charge in [-0.25, -0.2) is 13.5 Å². The van der Waals surface area contributed by atoms with E-state index < -0.39 is 34.7 Å². The van der Waals surface area contributed by atoms with Gasteiger partial charge in [-0.2, -0.15) is 5.10 Å². The molecule has 138 valence electrons. The van der Waals surface area contributed by atoms with E-state index in [1.54, 1.807) is 24.3 Å². The van der Waals surface area contributed by atoms with E-state index in [0.717, 1.165) is 34.6 Å². The predicted molar refractivity (Wildman–Crippen MR) is 97.2 cm³/mol. The largest absolute Gasteiger partial charge is 0.368 e. The number of nitrogens with two attached hydrogens (primary N) is 1. The van der Waals surface area contributed by atoms with Crippen LogP contribution in [0.3, 0.4) is 0 Å². The molecule has 1 atom stereocenters. The third kappa shape index (κ3) is 3.88. The normalized spacial score (nSPS) is 12.0. The van der Waals surface area contributed by atoms with Crippen LogP contribution in [0.15, 0.2) is 59.5 Å². The second-order valence-electron chi connectivity index (χ2n) is 5.85. The van der Waals surface area contributed by atoms with Crippen molar-refractivity contribution in [3.8, 4) is 11.1 Å². The molecule has 3 rings (SSSR count). The van der Waals surface area contributed by atoms with Crippen LogP contribution < -0.4 is 11.3 Å². The Morgan fingerprint density at radius 3 is 2.52 bits per heavy atom. The van der Waals surface area contributed by atoms with Crippen LogP contribution in [-0.2, 0) is 11.2 Å². The maximum absolute atomic E-state index is 14.2. The average Bonchev–Trinajstić information content (AvgIpc) is 2.64.